The molecule has 0 saturated heterocycles. The zero-order valence-electron chi connectivity index (χ0n) is 14.2. The molecule has 0 aliphatic heterocycles. The normalized spacial score (nSPS) is 11.6. The molecule has 0 spiro atoms. The lowest BCUT2D eigenvalue weighted by Crippen LogP contribution is -2.32. The maximum Gasteiger partial charge on any atom is 0.171 e. The molecule has 0 aliphatic rings. The summed E-state index contributed by atoms with van der Waals surface area (Å²) in [6.07, 6.45) is 0.759. The topological polar surface area (TPSA) is 42.5 Å². The van der Waals surface area contributed by atoms with Crippen LogP contribution in [-0.2, 0) is 0 Å². The number of thiocarbonyl (C=S) groups is 1. The molecule has 2 aromatic rings. The summed E-state index contributed by atoms with van der Waals surface area (Å²) in [5, 5.41) is 6.33. The van der Waals surface area contributed by atoms with Crippen molar-refractivity contribution in [3.63, 3.8) is 0 Å². The monoisotopic (exact) mass is 366 g/mol. The van der Waals surface area contributed by atoms with Crippen molar-refractivity contribution in [2.45, 2.75) is 19.4 Å². The van der Waals surface area contributed by atoms with E-state index in [9.17, 15) is 8.78 Å². The molecule has 0 radical (unpaired) electrons. The molecule has 0 heterocycles. The number of methoxy groups -OCH3 is 2. The third kappa shape index (κ3) is 4.79. The highest BCUT2D eigenvalue weighted by Crippen LogP contribution is 2.30. The van der Waals surface area contributed by atoms with Crippen LogP contribution < -0.4 is 20.1 Å². The van der Waals surface area contributed by atoms with E-state index in [4.69, 9.17) is 21.7 Å². The van der Waals surface area contributed by atoms with Crippen LogP contribution in [0.1, 0.15) is 24.9 Å². The van der Waals surface area contributed by atoms with Crippen molar-refractivity contribution in [2.75, 3.05) is 19.5 Å². The van der Waals surface area contributed by atoms with Gasteiger partial charge in [0.15, 0.2) is 28.2 Å². The Balaban J connectivity index is 2.10. The quantitative estimate of drug-likeness (QED) is 0.741. The Morgan fingerprint density at radius 3 is 2.36 bits per heavy atom. The van der Waals surface area contributed by atoms with Crippen molar-refractivity contribution < 1.29 is 18.3 Å². The van der Waals surface area contributed by atoms with Gasteiger partial charge >= 0.3 is 0 Å². The number of anilines is 1. The van der Waals surface area contributed by atoms with E-state index in [2.05, 4.69) is 10.6 Å². The largest absolute Gasteiger partial charge is 0.493 e. The highest BCUT2D eigenvalue weighted by atomic mass is 32.1. The first-order valence-electron chi connectivity index (χ1n) is 7.73. The standard InChI is InChI=1S/C18H20F2N2O2S/c1-4-15(11-5-8-16(23-2)17(9-11)24-3)22-18(25)21-12-6-7-13(19)14(20)10-12/h5-10,15H,4H2,1-3H3,(H2,21,22,25)/t15-/m1/s1. The molecular weight excluding hydrogens is 346 g/mol. The summed E-state index contributed by atoms with van der Waals surface area (Å²) in [5.74, 6) is -0.566. The summed E-state index contributed by atoms with van der Waals surface area (Å²) in [6, 6.07) is 9.06. The van der Waals surface area contributed by atoms with E-state index in [1.807, 2.05) is 25.1 Å². The number of halogens is 2. The van der Waals surface area contributed by atoms with E-state index in [1.165, 1.54) is 6.07 Å². The van der Waals surface area contributed by atoms with Gasteiger partial charge in [-0.1, -0.05) is 13.0 Å². The first kappa shape index (κ1) is 18.9. The predicted molar refractivity (Wildman–Crippen MR) is 98.3 cm³/mol. The van der Waals surface area contributed by atoms with E-state index in [0.717, 1.165) is 24.1 Å². The number of nitrogens with one attached hydrogen (secondary N) is 2. The maximum atomic E-state index is 13.3. The lowest BCUT2D eigenvalue weighted by Gasteiger charge is -2.21. The van der Waals surface area contributed by atoms with Gasteiger partial charge in [0.1, 0.15) is 0 Å². The van der Waals surface area contributed by atoms with Gasteiger partial charge in [0.05, 0.1) is 20.3 Å². The Morgan fingerprint density at radius 2 is 1.76 bits per heavy atom. The Bertz CT molecular complexity index is 756. The fraction of sp³-hybridized carbons (Fsp3) is 0.278. The fourth-order valence-corrected chi connectivity index (χ4v) is 2.65. The minimum Gasteiger partial charge on any atom is -0.493 e. The molecule has 0 unspecified atom stereocenters. The highest BCUT2D eigenvalue weighted by molar-refractivity contribution is 7.80. The number of hydrogen-bond acceptors (Lipinski definition) is 3. The van der Waals surface area contributed by atoms with Crippen LogP contribution in [0.25, 0.3) is 0 Å². The second-order valence-corrected chi connectivity index (χ2v) is 5.71. The van der Waals surface area contributed by atoms with Gasteiger partial charge in [-0.25, -0.2) is 8.78 Å². The Hall–Kier alpha value is -2.41. The summed E-state index contributed by atoms with van der Waals surface area (Å²) in [6.45, 7) is 2.01. The average molecular weight is 366 g/mol. The highest BCUT2D eigenvalue weighted by Gasteiger charge is 2.14. The second kappa shape index (κ2) is 8.62. The van der Waals surface area contributed by atoms with E-state index < -0.39 is 11.6 Å². The number of ether oxygens (including phenoxy) is 2. The van der Waals surface area contributed by atoms with E-state index in [-0.39, 0.29) is 6.04 Å². The summed E-state index contributed by atoms with van der Waals surface area (Å²) in [7, 11) is 3.15. The van der Waals surface area contributed by atoms with Crippen LogP contribution in [0.3, 0.4) is 0 Å². The average Bonchev–Trinajstić information content (AvgIpc) is 2.62. The number of rotatable bonds is 6. The van der Waals surface area contributed by atoms with Gasteiger partial charge in [0.25, 0.3) is 0 Å². The molecule has 0 amide bonds. The zero-order valence-corrected chi connectivity index (χ0v) is 15.0. The van der Waals surface area contributed by atoms with Gasteiger partial charge < -0.3 is 20.1 Å². The van der Waals surface area contributed by atoms with Gasteiger partial charge in [0.2, 0.25) is 0 Å². The van der Waals surface area contributed by atoms with Crippen molar-refractivity contribution >= 4 is 23.0 Å². The molecule has 2 aromatic carbocycles. The molecule has 25 heavy (non-hydrogen) atoms. The van der Waals surface area contributed by atoms with Gasteiger partial charge in [-0.2, -0.15) is 0 Å². The first-order valence-corrected chi connectivity index (χ1v) is 8.13. The van der Waals surface area contributed by atoms with Crippen molar-refractivity contribution in [3.05, 3.63) is 53.6 Å². The Morgan fingerprint density at radius 1 is 1.04 bits per heavy atom. The smallest absolute Gasteiger partial charge is 0.171 e. The van der Waals surface area contributed by atoms with Crippen molar-refractivity contribution in [2.24, 2.45) is 0 Å². The van der Waals surface area contributed by atoms with Crippen LogP contribution in [0, 0.1) is 11.6 Å². The molecular formula is C18H20F2N2O2S. The minimum absolute atomic E-state index is 0.0786. The number of benzene rings is 2. The summed E-state index contributed by atoms with van der Waals surface area (Å²) in [4.78, 5) is 0. The third-order valence-electron chi connectivity index (χ3n) is 3.70. The molecule has 1 atom stereocenters. The molecule has 134 valence electrons. The first-order chi connectivity index (χ1) is 12.0. The second-order valence-electron chi connectivity index (χ2n) is 5.30. The van der Waals surface area contributed by atoms with Gasteiger partial charge in [0, 0.05) is 11.8 Å². The molecule has 2 rings (SSSR count). The molecule has 0 aliphatic carbocycles. The van der Waals surface area contributed by atoms with Crippen LogP contribution in [0.5, 0.6) is 11.5 Å². The Labute approximate surface area is 151 Å². The molecule has 4 nitrogen and oxygen atoms in total. The van der Waals surface area contributed by atoms with E-state index in [0.29, 0.717) is 22.3 Å². The van der Waals surface area contributed by atoms with Crippen LogP contribution in [-0.4, -0.2) is 19.3 Å². The van der Waals surface area contributed by atoms with Crippen LogP contribution in [0.2, 0.25) is 0 Å². The summed E-state index contributed by atoms with van der Waals surface area (Å²) in [5.41, 5.74) is 1.34. The van der Waals surface area contributed by atoms with Crippen LogP contribution in [0.15, 0.2) is 36.4 Å². The van der Waals surface area contributed by atoms with Crippen molar-refractivity contribution in [3.8, 4) is 11.5 Å². The minimum atomic E-state index is -0.931. The predicted octanol–water partition coefficient (Wildman–Crippen LogP) is 4.42. The van der Waals surface area contributed by atoms with Crippen molar-refractivity contribution in [1.29, 1.82) is 0 Å². The SMILES string of the molecule is CC[C@@H](NC(=S)Nc1ccc(F)c(F)c1)c1ccc(OC)c(OC)c1. The van der Waals surface area contributed by atoms with E-state index >= 15 is 0 Å². The molecule has 2 N–H and O–H groups in total. The molecule has 7 heteroatoms. The van der Waals surface area contributed by atoms with Crippen molar-refractivity contribution in [1.82, 2.24) is 5.32 Å². The van der Waals surface area contributed by atoms with Gasteiger partial charge in [-0.15, -0.1) is 0 Å². The summed E-state index contributed by atoms with van der Waals surface area (Å²) >= 11 is 5.27. The fourth-order valence-electron chi connectivity index (χ4n) is 2.39. The Kier molecular flexibility index (Phi) is 6.52. The third-order valence-corrected chi connectivity index (χ3v) is 3.92. The van der Waals surface area contributed by atoms with Crippen LogP contribution in [0.4, 0.5) is 14.5 Å². The number of hydrogen-bond donors (Lipinski definition) is 2. The molecule has 0 fully saturated rings. The molecule has 0 saturated carbocycles. The molecule has 0 aromatic heterocycles. The summed E-state index contributed by atoms with van der Waals surface area (Å²) < 4.78 is 36.8. The lowest BCUT2D eigenvalue weighted by molar-refractivity contribution is 0.354. The maximum absolute atomic E-state index is 13.3. The lowest BCUT2D eigenvalue weighted by atomic mass is 10.0. The van der Waals surface area contributed by atoms with E-state index in [1.54, 1.807) is 14.2 Å². The van der Waals surface area contributed by atoms with Gasteiger partial charge in [-0.3, -0.25) is 0 Å². The molecule has 0 bridgehead atoms. The van der Waals surface area contributed by atoms with Gasteiger partial charge in [-0.05, 0) is 48.5 Å². The van der Waals surface area contributed by atoms with Crippen LogP contribution >= 0.6 is 12.2 Å². The zero-order chi connectivity index (χ0) is 18.4.